The standard InChI is InChI=1S/C20H24N6O/c27-19(14-25-12-11-21-20(25)16-7-3-1-4-8-16)22-13-18-24-23-15-26(18)17-9-5-2-6-10-17/h1,3-4,7-8,11-12,15,17H,2,5-6,9-10,13-14H2,(H,22,27). The summed E-state index contributed by atoms with van der Waals surface area (Å²) in [5.41, 5.74) is 0.993. The van der Waals surface area contributed by atoms with E-state index in [0.29, 0.717) is 12.6 Å². The third kappa shape index (κ3) is 4.07. The number of carbonyl (C=O) groups is 1. The number of nitrogens with zero attached hydrogens (tertiary/aromatic N) is 5. The molecule has 7 heteroatoms. The second kappa shape index (κ2) is 8.16. The van der Waals surface area contributed by atoms with E-state index in [1.165, 1.54) is 19.3 Å². The molecule has 0 bridgehead atoms. The molecule has 0 unspecified atom stereocenters. The minimum Gasteiger partial charge on any atom is -0.347 e. The number of hydrogen-bond acceptors (Lipinski definition) is 4. The lowest BCUT2D eigenvalue weighted by atomic mass is 9.95. The molecule has 0 spiro atoms. The summed E-state index contributed by atoms with van der Waals surface area (Å²) in [5.74, 6) is 1.55. The molecule has 27 heavy (non-hydrogen) atoms. The summed E-state index contributed by atoms with van der Waals surface area (Å²) in [6.45, 7) is 0.618. The summed E-state index contributed by atoms with van der Waals surface area (Å²) in [6.07, 6.45) is 11.5. The topological polar surface area (TPSA) is 77.6 Å². The maximum Gasteiger partial charge on any atom is 0.240 e. The van der Waals surface area contributed by atoms with Crippen molar-refractivity contribution in [1.29, 1.82) is 0 Å². The van der Waals surface area contributed by atoms with Gasteiger partial charge in [0, 0.05) is 24.0 Å². The first-order valence-corrected chi connectivity index (χ1v) is 9.53. The van der Waals surface area contributed by atoms with Gasteiger partial charge in [0.2, 0.25) is 5.91 Å². The number of carbonyl (C=O) groups excluding carboxylic acids is 1. The van der Waals surface area contributed by atoms with E-state index in [0.717, 1.165) is 30.1 Å². The van der Waals surface area contributed by atoms with Gasteiger partial charge in [-0.05, 0) is 12.8 Å². The maximum absolute atomic E-state index is 12.5. The molecule has 1 aliphatic carbocycles. The van der Waals surface area contributed by atoms with Crippen molar-refractivity contribution < 1.29 is 4.79 Å². The Morgan fingerprint density at radius 1 is 1.15 bits per heavy atom. The summed E-state index contributed by atoms with van der Waals surface area (Å²) >= 11 is 0. The maximum atomic E-state index is 12.5. The molecule has 2 heterocycles. The van der Waals surface area contributed by atoms with E-state index in [9.17, 15) is 4.79 Å². The number of rotatable bonds is 6. The zero-order valence-corrected chi connectivity index (χ0v) is 15.3. The number of imidazole rings is 1. The van der Waals surface area contributed by atoms with Crippen molar-refractivity contribution in [3.63, 3.8) is 0 Å². The van der Waals surface area contributed by atoms with Crippen LogP contribution in [0, 0.1) is 0 Å². The lowest BCUT2D eigenvalue weighted by molar-refractivity contribution is -0.121. The summed E-state index contributed by atoms with van der Waals surface area (Å²) in [6, 6.07) is 10.3. The summed E-state index contributed by atoms with van der Waals surface area (Å²) in [5, 5.41) is 11.2. The zero-order valence-electron chi connectivity index (χ0n) is 15.3. The van der Waals surface area contributed by atoms with Crippen molar-refractivity contribution in [2.24, 2.45) is 0 Å². The van der Waals surface area contributed by atoms with Crippen LogP contribution in [0.25, 0.3) is 11.4 Å². The number of amides is 1. The van der Waals surface area contributed by atoms with Gasteiger partial charge >= 0.3 is 0 Å². The van der Waals surface area contributed by atoms with E-state index < -0.39 is 0 Å². The van der Waals surface area contributed by atoms with Crippen molar-refractivity contribution in [2.45, 2.75) is 51.2 Å². The van der Waals surface area contributed by atoms with Gasteiger partial charge in [-0.2, -0.15) is 0 Å². The van der Waals surface area contributed by atoms with Gasteiger partial charge in [-0.1, -0.05) is 49.6 Å². The van der Waals surface area contributed by atoms with Crippen LogP contribution >= 0.6 is 0 Å². The van der Waals surface area contributed by atoms with Crippen LogP contribution in [0.5, 0.6) is 0 Å². The van der Waals surface area contributed by atoms with Gasteiger partial charge in [-0.25, -0.2) is 4.98 Å². The smallest absolute Gasteiger partial charge is 0.240 e. The van der Waals surface area contributed by atoms with E-state index in [4.69, 9.17) is 0 Å². The molecule has 0 atom stereocenters. The van der Waals surface area contributed by atoms with Crippen LogP contribution in [0.15, 0.2) is 49.1 Å². The molecule has 140 valence electrons. The lowest BCUT2D eigenvalue weighted by Crippen LogP contribution is -2.29. The minimum atomic E-state index is -0.0663. The molecule has 3 aromatic rings. The summed E-state index contributed by atoms with van der Waals surface area (Å²) in [7, 11) is 0. The largest absolute Gasteiger partial charge is 0.347 e. The molecule has 2 aromatic heterocycles. The Labute approximate surface area is 158 Å². The number of aromatic nitrogens is 5. The Morgan fingerprint density at radius 2 is 1.96 bits per heavy atom. The third-order valence-corrected chi connectivity index (χ3v) is 5.12. The Kier molecular flexibility index (Phi) is 5.27. The number of nitrogens with one attached hydrogen (secondary N) is 1. The molecule has 1 amide bonds. The minimum absolute atomic E-state index is 0.0663. The average Bonchev–Trinajstić information content (AvgIpc) is 3.37. The Morgan fingerprint density at radius 3 is 2.78 bits per heavy atom. The van der Waals surface area contributed by atoms with Crippen molar-refractivity contribution >= 4 is 5.91 Å². The van der Waals surface area contributed by atoms with Crippen LogP contribution in [-0.2, 0) is 17.9 Å². The van der Waals surface area contributed by atoms with Gasteiger partial charge in [0.1, 0.15) is 18.7 Å². The molecular weight excluding hydrogens is 340 g/mol. The van der Waals surface area contributed by atoms with Gasteiger partial charge in [0.25, 0.3) is 0 Å². The van der Waals surface area contributed by atoms with Crippen molar-refractivity contribution in [3.8, 4) is 11.4 Å². The van der Waals surface area contributed by atoms with Gasteiger partial charge in [0.05, 0.1) is 6.54 Å². The van der Waals surface area contributed by atoms with Crippen LogP contribution in [0.1, 0.15) is 44.0 Å². The molecule has 1 aliphatic rings. The van der Waals surface area contributed by atoms with Crippen LogP contribution in [0.2, 0.25) is 0 Å². The second-order valence-corrected chi connectivity index (χ2v) is 6.97. The van der Waals surface area contributed by atoms with Crippen LogP contribution in [0.3, 0.4) is 0 Å². The molecule has 4 rings (SSSR count). The van der Waals surface area contributed by atoms with Crippen molar-refractivity contribution in [3.05, 3.63) is 54.9 Å². The Bertz CT molecular complexity index is 879. The van der Waals surface area contributed by atoms with Gasteiger partial charge in [-0.3, -0.25) is 4.79 Å². The third-order valence-electron chi connectivity index (χ3n) is 5.12. The highest BCUT2D eigenvalue weighted by molar-refractivity contribution is 5.76. The first kappa shape index (κ1) is 17.5. The van der Waals surface area contributed by atoms with E-state index in [-0.39, 0.29) is 12.5 Å². The predicted molar refractivity (Wildman–Crippen MR) is 102 cm³/mol. The second-order valence-electron chi connectivity index (χ2n) is 6.97. The fourth-order valence-corrected chi connectivity index (χ4v) is 3.73. The molecule has 0 aliphatic heterocycles. The zero-order chi connectivity index (χ0) is 18.5. The van der Waals surface area contributed by atoms with Gasteiger partial charge in [-0.15, -0.1) is 10.2 Å². The Balaban J connectivity index is 1.38. The molecule has 0 saturated heterocycles. The highest BCUT2D eigenvalue weighted by Gasteiger charge is 2.19. The lowest BCUT2D eigenvalue weighted by Gasteiger charge is -2.24. The van der Waals surface area contributed by atoms with Crippen molar-refractivity contribution in [1.82, 2.24) is 29.6 Å². The normalized spacial score (nSPS) is 15.0. The highest BCUT2D eigenvalue weighted by atomic mass is 16.1. The number of hydrogen-bond donors (Lipinski definition) is 1. The van der Waals surface area contributed by atoms with E-state index in [1.54, 1.807) is 12.5 Å². The van der Waals surface area contributed by atoms with Gasteiger partial charge in [0.15, 0.2) is 5.82 Å². The highest BCUT2D eigenvalue weighted by Crippen LogP contribution is 2.28. The summed E-state index contributed by atoms with van der Waals surface area (Å²) < 4.78 is 3.99. The van der Waals surface area contributed by atoms with Crippen LogP contribution in [-0.4, -0.2) is 30.2 Å². The quantitative estimate of drug-likeness (QED) is 0.729. The monoisotopic (exact) mass is 364 g/mol. The molecule has 1 N–H and O–H groups in total. The van der Waals surface area contributed by atoms with E-state index >= 15 is 0 Å². The molecule has 1 fully saturated rings. The molecular formula is C20H24N6O. The van der Waals surface area contributed by atoms with Gasteiger partial charge < -0.3 is 14.5 Å². The SMILES string of the molecule is O=C(Cn1ccnc1-c1ccccc1)NCc1nncn1C1CCCCC1. The fourth-order valence-electron chi connectivity index (χ4n) is 3.73. The van der Waals surface area contributed by atoms with Crippen molar-refractivity contribution in [2.75, 3.05) is 0 Å². The van der Waals surface area contributed by atoms with E-state index in [2.05, 4.69) is 25.1 Å². The molecule has 7 nitrogen and oxygen atoms in total. The van der Waals surface area contributed by atoms with E-state index in [1.807, 2.05) is 41.1 Å². The first-order chi connectivity index (χ1) is 13.3. The van der Waals surface area contributed by atoms with Crippen LogP contribution in [0.4, 0.5) is 0 Å². The molecule has 0 radical (unpaired) electrons. The average molecular weight is 364 g/mol. The molecule has 1 saturated carbocycles. The first-order valence-electron chi connectivity index (χ1n) is 9.53. The number of benzene rings is 1. The fraction of sp³-hybridized carbons (Fsp3) is 0.400. The van der Waals surface area contributed by atoms with Crippen LogP contribution < -0.4 is 5.32 Å². The Hall–Kier alpha value is -2.96. The predicted octanol–water partition coefficient (Wildman–Crippen LogP) is 2.96. The summed E-state index contributed by atoms with van der Waals surface area (Å²) in [4.78, 5) is 16.8. The molecule has 1 aromatic carbocycles.